The van der Waals surface area contributed by atoms with Gasteiger partial charge in [0, 0.05) is 27.9 Å². The minimum Gasteiger partial charge on any atom is -0.456 e. The second-order valence-electron chi connectivity index (χ2n) is 15.3. The van der Waals surface area contributed by atoms with Crippen LogP contribution in [-0.2, 0) is 0 Å². The van der Waals surface area contributed by atoms with Crippen molar-refractivity contribution in [2.24, 2.45) is 0 Å². The van der Waals surface area contributed by atoms with Gasteiger partial charge in [-0.1, -0.05) is 188 Å². The number of hydrogen-bond donors (Lipinski definition) is 0. The molecule has 0 bridgehead atoms. The van der Waals surface area contributed by atoms with E-state index in [2.05, 4.69) is 223 Å². The second-order valence-corrected chi connectivity index (χ2v) is 15.3. The first-order chi connectivity index (χ1) is 29.7. The Morgan fingerprint density at radius 3 is 1.48 bits per heavy atom. The van der Waals surface area contributed by atoms with Crippen LogP contribution in [0.1, 0.15) is 0 Å². The fourth-order valence-corrected chi connectivity index (χ4v) is 8.75. The van der Waals surface area contributed by atoms with Gasteiger partial charge in [-0.05, 0) is 109 Å². The van der Waals surface area contributed by atoms with Gasteiger partial charge in [-0.3, -0.25) is 0 Å². The van der Waals surface area contributed by atoms with Gasteiger partial charge in [0.15, 0.2) is 0 Å². The minimum atomic E-state index is 0.877. The Balaban J connectivity index is 0.956. The molecule has 0 saturated carbocycles. The maximum Gasteiger partial charge on any atom is 0.136 e. The summed E-state index contributed by atoms with van der Waals surface area (Å²) in [6, 6.07) is 84.8. The summed E-state index contributed by atoms with van der Waals surface area (Å²) in [6.07, 6.45) is 0. The summed E-state index contributed by atoms with van der Waals surface area (Å²) < 4.78 is 6.29. The van der Waals surface area contributed by atoms with Crippen molar-refractivity contribution in [3.8, 4) is 55.8 Å². The maximum absolute atomic E-state index is 6.29. The molecule has 0 saturated heterocycles. The van der Waals surface area contributed by atoms with E-state index < -0.39 is 0 Å². The predicted octanol–water partition coefficient (Wildman–Crippen LogP) is 16.5. The lowest BCUT2D eigenvalue weighted by atomic mass is 9.93. The van der Waals surface area contributed by atoms with Gasteiger partial charge in [0.1, 0.15) is 11.3 Å². The highest BCUT2D eigenvalue weighted by atomic mass is 16.3. The number of furan rings is 1. The number of benzene rings is 10. The Bertz CT molecular complexity index is 3260. The van der Waals surface area contributed by atoms with Gasteiger partial charge in [-0.2, -0.15) is 0 Å². The fraction of sp³-hybridized carbons (Fsp3) is 0. The summed E-state index contributed by atoms with van der Waals surface area (Å²) in [4.78, 5) is 2.38. The van der Waals surface area contributed by atoms with E-state index in [-0.39, 0.29) is 0 Å². The minimum absolute atomic E-state index is 0.877. The molecular weight excluding hydrogens is 727 g/mol. The van der Waals surface area contributed by atoms with Crippen LogP contribution in [0.15, 0.2) is 241 Å². The maximum atomic E-state index is 6.29. The zero-order valence-corrected chi connectivity index (χ0v) is 32.9. The zero-order chi connectivity index (χ0) is 39.8. The Labute approximate surface area is 349 Å². The molecule has 0 spiro atoms. The van der Waals surface area contributed by atoms with Crippen LogP contribution in [-0.4, -0.2) is 0 Å². The summed E-state index contributed by atoms with van der Waals surface area (Å²) in [5.74, 6) is 0.877. The summed E-state index contributed by atoms with van der Waals surface area (Å²) >= 11 is 0. The Morgan fingerprint density at radius 1 is 0.283 bits per heavy atom. The van der Waals surface area contributed by atoms with Crippen LogP contribution in [0.2, 0.25) is 0 Å². The highest BCUT2D eigenvalue weighted by Gasteiger charge is 2.18. The van der Waals surface area contributed by atoms with Crippen LogP contribution in [0, 0.1) is 0 Å². The molecule has 11 aromatic rings. The molecule has 1 heterocycles. The van der Waals surface area contributed by atoms with Crippen LogP contribution in [0.3, 0.4) is 0 Å². The average molecular weight is 766 g/mol. The molecule has 0 aliphatic rings. The molecule has 0 N–H and O–H groups in total. The number of fused-ring (bicyclic) bond motifs is 4. The van der Waals surface area contributed by atoms with Gasteiger partial charge in [0.25, 0.3) is 0 Å². The van der Waals surface area contributed by atoms with Crippen molar-refractivity contribution >= 4 is 49.6 Å². The fourth-order valence-electron chi connectivity index (χ4n) is 8.75. The monoisotopic (exact) mass is 765 g/mol. The zero-order valence-electron chi connectivity index (χ0n) is 32.9. The average Bonchev–Trinajstić information content (AvgIpc) is 3.77. The van der Waals surface area contributed by atoms with Crippen molar-refractivity contribution in [2.45, 2.75) is 0 Å². The molecule has 0 radical (unpaired) electrons. The summed E-state index contributed by atoms with van der Waals surface area (Å²) in [6.45, 7) is 0. The molecule has 0 fully saturated rings. The van der Waals surface area contributed by atoms with E-state index in [1.54, 1.807) is 0 Å². The quantitative estimate of drug-likeness (QED) is 0.143. The van der Waals surface area contributed by atoms with Gasteiger partial charge in [-0.25, -0.2) is 0 Å². The Morgan fingerprint density at radius 2 is 0.767 bits per heavy atom. The van der Waals surface area contributed by atoms with Crippen molar-refractivity contribution in [1.29, 1.82) is 0 Å². The van der Waals surface area contributed by atoms with E-state index in [9.17, 15) is 0 Å². The Hall–Kier alpha value is -7.94. The standard InChI is InChI=1S/C58H39NO/c1-2-14-42(15-3-1)51-20-11-12-24-56(51)59(48-36-32-44(33-37-48)55-38-45-16-4-6-19-50(45)52-21-8-9-22-53(52)55)47-34-30-41(31-35-47)40-26-28-43(29-27-40)49-18-7-10-23-54(49)58-39-46-17-5-13-25-57(46)60-58/h1-39H. The van der Waals surface area contributed by atoms with Crippen LogP contribution in [0.4, 0.5) is 17.1 Å². The molecule has 0 unspecified atom stereocenters. The van der Waals surface area contributed by atoms with Crippen molar-refractivity contribution in [3.63, 3.8) is 0 Å². The normalized spacial score (nSPS) is 11.3. The van der Waals surface area contributed by atoms with E-state index in [1.807, 2.05) is 18.2 Å². The van der Waals surface area contributed by atoms with Crippen molar-refractivity contribution < 1.29 is 4.42 Å². The summed E-state index contributed by atoms with van der Waals surface area (Å²) in [7, 11) is 0. The van der Waals surface area contributed by atoms with Gasteiger partial charge in [0.2, 0.25) is 0 Å². The third-order valence-electron chi connectivity index (χ3n) is 11.7. The number of para-hydroxylation sites is 2. The number of rotatable bonds is 8. The van der Waals surface area contributed by atoms with Crippen molar-refractivity contribution in [3.05, 3.63) is 237 Å². The van der Waals surface area contributed by atoms with E-state index in [4.69, 9.17) is 4.42 Å². The molecule has 1 aromatic heterocycles. The van der Waals surface area contributed by atoms with Crippen LogP contribution >= 0.6 is 0 Å². The lowest BCUT2D eigenvalue weighted by molar-refractivity contribution is 0.632. The number of hydrogen-bond acceptors (Lipinski definition) is 2. The van der Waals surface area contributed by atoms with E-state index >= 15 is 0 Å². The highest BCUT2D eigenvalue weighted by Crippen LogP contribution is 2.43. The molecule has 0 aliphatic heterocycles. The Kier molecular flexibility index (Phi) is 8.87. The molecule has 0 atom stereocenters. The molecule has 10 aromatic carbocycles. The number of anilines is 3. The predicted molar refractivity (Wildman–Crippen MR) is 253 cm³/mol. The van der Waals surface area contributed by atoms with Crippen LogP contribution in [0.25, 0.3) is 88.3 Å². The second kappa shape index (κ2) is 15.1. The first kappa shape index (κ1) is 35.2. The third-order valence-corrected chi connectivity index (χ3v) is 11.7. The third kappa shape index (κ3) is 6.41. The molecular formula is C58H39NO. The van der Waals surface area contributed by atoms with E-state index in [1.165, 1.54) is 43.8 Å². The van der Waals surface area contributed by atoms with Crippen molar-refractivity contribution in [1.82, 2.24) is 0 Å². The molecule has 0 amide bonds. The molecule has 2 heteroatoms. The highest BCUT2D eigenvalue weighted by molar-refractivity contribution is 6.13. The summed E-state index contributed by atoms with van der Waals surface area (Å²) in [5.41, 5.74) is 14.7. The molecule has 11 rings (SSSR count). The van der Waals surface area contributed by atoms with Gasteiger partial charge >= 0.3 is 0 Å². The van der Waals surface area contributed by atoms with E-state index in [0.717, 1.165) is 61.6 Å². The van der Waals surface area contributed by atoms with Crippen molar-refractivity contribution in [2.75, 3.05) is 4.90 Å². The molecule has 60 heavy (non-hydrogen) atoms. The number of nitrogens with zero attached hydrogens (tertiary/aromatic N) is 1. The van der Waals surface area contributed by atoms with Crippen LogP contribution in [0.5, 0.6) is 0 Å². The molecule has 2 nitrogen and oxygen atoms in total. The molecule has 0 aliphatic carbocycles. The lowest BCUT2D eigenvalue weighted by Gasteiger charge is -2.28. The largest absolute Gasteiger partial charge is 0.456 e. The SMILES string of the molecule is c1ccc(-c2ccccc2N(c2ccc(-c3ccc(-c4ccccc4-c4cc5ccccc5o4)cc3)cc2)c2ccc(-c3cc4ccccc4c4ccccc34)cc2)cc1. The smallest absolute Gasteiger partial charge is 0.136 e. The first-order valence-electron chi connectivity index (χ1n) is 20.5. The van der Waals surface area contributed by atoms with E-state index in [0.29, 0.717) is 0 Å². The van der Waals surface area contributed by atoms with Gasteiger partial charge < -0.3 is 9.32 Å². The first-order valence-corrected chi connectivity index (χ1v) is 20.5. The van der Waals surface area contributed by atoms with Gasteiger partial charge in [0.05, 0.1) is 5.69 Å². The molecule has 282 valence electrons. The lowest BCUT2D eigenvalue weighted by Crippen LogP contribution is -2.11. The summed E-state index contributed by atoms with van der Waals surface area (Å²) in [5, 5.41) is 6.16. The van der Waals surface area contributed by atoms with Gasteiger partial charge in [-0.15, -0.1) is 0 Å². The van der Waals surface area contributed by atoms with Crippen LogP contribution < -0.4 is 4.90 Å². The topological polar surface area (TPSA) is 16.4 Å².